The quantitative estimate of drug-likeness (QED) is 0.691. The highest BCUT2D eigenvalue weighted by Crippen LogP contribution is 2.02. The molecular formula is C9H12N2O2. The molecule has 13 heavy (non-hydrogen) atoms. The highest BCUT2D eigenvalue weighted by molar-refractivity contribution is 5.93. The maximum absolute atomic E-state index is 11.5. The van der Waals surface area contributed by atoms with Gasteiger partial charge in [0.15, 0.2) is 0 Å². The third kappa shape index (κ3) is 1.89. The van der Waals surface area contributed by atoms with Crippen LogP contribution in [0.5, 0.6) is 0 Å². The van der Waals surface area contributed by atoms with Crippen LogP contribution in [0.1, 0.15) is 16.8 Å². The molecule has 2 N–H and O–H groups in total. The summed E-state index contributed by atoms with van der Waals surface area (Å²) in [5.74, 6) is -0.0533. The molecule has 2 rings (SSSR count). The van der Waals surface area contributed by atoms with E-state index in [9.17, 15) is 4.79 Å². The summed E-state index contributed by atoms with van der Waals surface area (Å²) in [4.78, 5) is 11.5. The Hall–Kier alpha value is -1.29. The van der Waals surface area contributed by atoms with Gasteiger partial charge >= 0.3 is 0 Å². The molecule has 0 spiro atoms. The largest absolute Gasteiger partial charge is 0.472 e. The summed E-state index contributed by atoms with van der Waals surface area (Å²) in [6, 6.07) is 1.93. The number of nitrogens with one attached hydrogen (secondary N) is 2. The monoisotopic (exact) mass is 180 g/mol. The Morgan fingerprint density at radius 3 is 3.23 bits per heavy atom. The van der Waals surface area contributed by atoms with E-state index in [1.54, 1.807) is 6.07 Å². The van der Waals surface area contributed by atoms with Crippen LogP contribution in [-0.4, -0.2) is 25.0 Å². The van der Waals surface area contributed by atoms with Gasteiger partial charge < -0.3 is 15.1 Å². The standard InChI is InChI=1S/C9H12N2O2/c12-9(7-2-4-13-6-7)11-8-1-3-10-5-8/h2,4,6,8,10H,1,3,5H2,(H,11,12). The highest BCUT2D eigenvalue weighted by Gasteiger charge is 2.17. The van der Waals surface area contributed by atoms with Gasteiger partial charge in [-0.25, -0.2) is 0 Å². The lowest BCUT2D eigenvalue weighted by molar-refractivity contribution is 0.0939. The summed E-state index contributed by atoms with van der Waals surface area (Å²) < 4.78 is 4.82. The molecule has 0 radical (unpaired) electrons. The van der Waals surface area contributed by atoms with Crippen molar-refractivity contribution in [2.24, 2.45) is 0 Å². The van der Waals surface area contributed by atoms with Gasteiger partial charge in [-0.1, -0.05) is 0 Å². The van der Waals surface area contributed by atoms with Crippen LogP contribution < -0.4 is 10.6 Å². The van der Waals surface area contributed by atoms with Crippen LogP contribution in [0.2, 0.25) is 0 Å². The van der Waals surface area contributed by atoms with E-state index in [4.69, 9.17) is 4.42 Å². The van der Waals surface area contributed by atoms with Gasteiger partial charge in [-0.2, -0.15) is 0 Å². The fraction of sp³-hybridized carbons (Fsp3) is 0.444. The van der Waals surface area contributed by atoms with E-state index < -0.39 is 0 Å². The Labute approximate surface area is 76.3 Å². The molecule has 0 saturated carbocycles. The third-order valence-electron chi connectivity index (χ3n) is 2.18. The van der Waals surface area contributed by atoms with E-state index in [2.05, 4.69) is 10.6 Å². The summed E-state index contributed by atoms with van der Waals surface area (Å²) in [6.45, 7) is 1.85. The second-order valence-corrected chi connectivity index (χ2v) is 3.18. The van der Waals surface area contributed by atoms with Crippen molar-refractivity contribution in [3.63, 3.8) is 0 Å². The molecule has 0 bridgehead atoms. The first-order valence-electron chi connectivity index (χ1n) is 4.40. The van der Waals surface area contributed by atoms with Gasteiger partial charge in [0.1, 0.15) is 6.26 Å². The average molecular weight is 180 g/mol. The Balaban J connectivity index is 1.91. The van der Waals surface area contributed by atoms with Crippen molar-refractivity contribution in [3.05, 3.63) is 24.2 Å². The maximum atomic E-state index is 11.5. The predicted octanol–water partition coefficient (Wildman–Crippen LogP) is 0.371. The zero-order valence-corrected chi connectivity index (χ0v) is 7.25. The fourth-order valence-electron chi connectivity index (χ4n) is 1.44. The minimum absolute atomic E-state index is 0.0533. The van der Waals surface area contributed by atoms with Crippen LogP contribution in [-0.2, 0) is 0 Å². The summed E-state index contributed by atoms with van der Waals surface area (Å²) in [5, 5.41) is 6.10. The number of carbonyl (C=O) groups is 1. The zero-order valence-electron chi connectivity index (χ0n) is 7.25. The summed E-state index contributed by atoms with van der Waals surface area (Å²) in [6.07, 6.45) is 3.96. The van der Waals surface area contributed by atoms with Crippen LogP contribution in [0, 0.1) is 0 Å². The van der Waals surface area contributed by atoms with Crippen molar-refractivity contribution >= 4 is 5.91 Å². The molecular weight excluding hydrogens is 168 g/mol. The van der Waals surface area contributed by atoms with Crippen molar-refractivity contribution < 1.29 is 9.21 Å². The van der Waals surface area contributed by atoms with Crippen LogP contribution in [0.25, 0.3) is 0 Å². The molecule has 1 aliphatic heterocycles. The second-order valence-electron chi connectivity index (χ2n) is 3.18. The summed E-state index contributed by atoms with van der Waals surface area (Å²) in [7, 11) is 0. The SMILES string of the molecule is O=C(NC1CCNC1)c1ccoc1. The van der Waals surface area contributed by atoms with Gasteiger partial charge in [-0.05, 0) is 19.0 Å². The van der Waals surface area contributed by atoms with Crippen molar-refractivity contribution in [2.45, 2.75) is 12.5 Å². The molecule has 1 aromatic rings. The van der Waals surface area contributed by atoms with Gasteiger partial charge in [-0.3, -0.25) is 4.79 Å². The van der Waals surface area contributed by atoms with E-state index in [0.29, 0.717) is 5.56 Å². The highest BCUT2D eigenvalue weighted by atomic mass is 16.3. The number of amides is 1. The zero-order chi connectivity index (χ0) is 9.10. The molecule has 1 amide bonds. The van der Waals surface area contributed by atoms with Gasteiger partial charge in [0.05, 0.1) is 11.8 Å². The topological polar surface area (TPSA) is 54.3 Å². The molecule has 1 unspecified atom stereocenters. The van der Waals surface area contributed by atoms with Crippen LogP contribution in [0.3, 0.4) is 0 Å². The van der Waals surface area contributed by atoms with Gasteiger partial charge in [-0.15, -0.1) is 0 Å². The third-order valence-corrected chi connectivity index (χ3v) is 2.18. The second kappa shape index (κ2) is 3.62. The van der Waals surface area contributed by atoms with Crippen molar-refractivity contribution in [2.75, 3.05) is 13.1 Å². The molecule has 1 aromatic heterocycles. The molecule has 1 aliphatic rings. The lowest BCUT2D eigenvalue weighted by Gasteiger charge is -2.09. The number of furan rings is 1. The molecule has 1 atom stereocenters. The average Bonchev–Trinajstić information content (AvgIpc) is 2.74. The van der Waals surface area contributed by atoms with E-state index in [1.165, 1.54) is 12.5 Å². The summed E-state index contributed by atoms with van der Waals surface area (Å²) >= 11 is 0. The molecule has 4 heteroatoms. The van der Waals surface area contributed by atoms with Gasteiger partial charge in [0.2, 0.25) is 0 Å². The van der Waals surface area contributed by atoms with E-state index in [1.807, 2.05) is 0 Å². The molecule has 0 aliphatic carbocycles. The molecule has 0 aromatic carbocycles. The van der Waals surface area contributed by atoms with Crippen LogP contribution >= 0.6 is 0 Å². The van der Waals surface area contributed by atoms with Crippen molar-refractivity contribution in [3.8, 4) is 0 Å². The number of rotatable bonds is 2. The fourth-order valence-corrected chi connectivity index (χ4v) is 1.44. The predicted molar refractivity (Wildman–Crippen MR) is 47.4 cm³/mol. The number of hydrogen-bond donors (Lipinski definition) is 2. The normalized spacial score (nSPS) is 21.7. The first-order chi connectivity index (χ1) is 6.36. The molecule has 70 valence electrons. The smallest absolute Gasteiger partial charge is 0.254 e. The maximum Gasteiger partial charge on any atom is 0.254 e. The van der Waals surface area contributed by atoms with E-state index in [0.717, 1.165) is 19.5 Å². The molecule has 2 heterocycles. The van der Waals surface area contributed by atoms with Gasteiger partial charge in [0, 0.05) is 12.6 Å². The first kappa shape index (κ1) is 8.31. The Morgan fingerprint density at radius 1 is 1.69 bits per heavy atom. The van der Waals surface area contributed by atoms with E-state index in [-0.39, 0.29) is 11.9 Å². The van der Waals surface area contributed by atoms with Crippen LogP contribution in [0.15, 0.2) is 23.0 Å². The summed E-state index contributed by atoms with van der Waals surface area (Å²) in [5.41, 5.74) is 0.590. The van der Waals surface area contributed by atoms with Gasteiger partial charge in [0.25, 0.3) is 5.91 Å². The minimum Gasteiger partial charge on any atom is -0.472 e. The number of carbonyl (C=O) groups excluding carboxylic acids is 1. The Morgan fingerprint density at radius 2 is 2.62 bits per heavy atom. The first-order valence-corrected chi connectivity index (χ1v) is 4.40. The van der Waals surface area contributed by atoms with Crippen molar-refractivity contribution in [1.29, 1.82) is 0 Å². The minimum atomic E-state index is -0.0533. The Bertz CT molecular complexity index is 276. The van der Waals surface area contributed by atoms with E-state index >= 15 is 0 Å². The molecule has 4 nitrogen and oxygen atoms in total. The molecule has 1 saturated heterocycles. The van der Waals surface area contributed by atoms with Crippen molar-refractivity contribution in [1.82, 2.24) is 10.6 Å². The lowest BCUT2D eigenvalue weighted by atomic mass is 10.2. The number of hydrogen-bond acceptors (Lipinski definition) is 3. The lowest BCUT2D eigenvalue weighted by Crippen LogP contribution is -2.35. The molecule has 1 fully saturated rings. The Kier molecular flexibility index (Phi) is 2.31. The van der Waals surface area contributed by atoms with Crippen LogP contribution in [0.4, 0.5) is 0 Å².